The number of anilines is 3. The molecule has 0 atom stereocenters. The summed E-state index contributed by atoms with van der Waals surface area (Å²) in [5.41, 5.74) is 1.50. The molecule has 1 saturated carbocycles. The molecule has 1 aliphatic rings. The highest BCUT2D eigenvalue weighted by molar-refractivity contribution is 6.30. The number of amides is 1. The highest BCUT2D eigenvalue weighted by atomic mass is 35.5. The molecular weight excluding hydrogens is 481 g/mol. The number of halogens is 2. The van der Waals surface area contributed by atoms with E-state index in [1.54, 1.807) is 13.0 Å². The Balaban J connectivity index is 1.33. The average molecular weight is 504 g/mol. The topological polar surface area (TPSA) is 128 Å². The Bertz CT molecular complexity index is 1230. The van der Waals surface area contributed by atoms with E-state index in [2.05, 4.69) is 25.8 Å². The van der Waals surface area contributed by atoms with Crippen LogP contribution in [-0.4, -0.2) is 40.3 Å². The molecule has 12 heteroatoms. The summed E-state index contributed by atoms with van der Waals surface area (Å²) in [6, 6.07) is 5.70. The first-order chi connectivity index (χ1) is 16.8. The third-order valence-corrected chi connectivity index (χ3v) is 5.93. The van der Waals surface area contributed by atoms with Crippen LogP contribution in [0, 0.1) is 18.7 Å². The largest absolute Gasteiger partial charge is 0.474 e. The molecule has 1 amide bonds. The predicted octanol–water partition coefficient (Wildman–Crippen LogP) is 4.67. The minimum absolute atomic E-state index is 0.0208. The van der Waals surface area contributed by atoms with Gasteiger partial charge in [0, 0.05) is 11.8 Å². The van der Waals surface area contributed by atoms with Crippen molar-refractivity contribution in [3.8, 4) is 5.88 Å². The summed E-state index contributed by atoms with van der Waals surface area (Å²) in [4.78, 5) is 28.5. The van der Waals surface area contributed by atoms with Gasteiger partial charge in [-0.1, -0.05) is 16.7 Å². The van der Waals surface area contributed by atoms with Crippen molar-refractivity contribution in [3.63, 3.8) is 0 Å². The van der Waals surface area contributed by atoms with Gasteiger partial charge in [0.1, 0.15) is 11.9 Å². The lowest BCUT2D eigenvalue weighted by atomic mass is 9.87. The number of rotatable bonds is 7. The highest BCUT2D eigenvalue weighted by Crippen LogP contribution is 2.29. The van der Waals surface area contributed by atoms with Gasteiger partial charge in [-0.05, 0) is 56.4 Å². The normalized spacial score (nSPS) is 17.5. The second-order valence-corrected chi connectivity index (χ2v) is 8.48. The summed E-state index contributed by atoms with van der Waals surface area (Å²) >= 11 is 5.66. The summed E-state index contributed by atoms with van der Waals surface area (Å²) in [5.74, 6) is -1.36. The van der Waals surface area contributed by atoms with E-state index in [9.17, 15) is 14.0 Å². The van der Waals surface area contributed by atoms with E-state index >= 15 is 0 Å². The van der Waals surface area contributed by atoms with Crippen LogP contribution in [0.1, 0.15) is 41.9 Å². The third kappa shape index (κ3) is 6.04. The van der Waals surface area contributed by atoms with Crippen molar-refractivity contribution in [1.82, 2.24) is 15.2 Å². The first kappa shape index (κ1) is 24.4. The molecule has 10 nitrogen and oxygen atoms in total. The van der Waals surface area contributed by atoms with Gasteiger partial charge in [-0.15, -0.1) is 5.10 Å². The number of benzene rings is 1. The fourth-order valence-electron chi connectivity index (χ4n) is 3.72. The molecule has 2 N–H and O–H groups in total. The Morgan fingerprint density at radius 2 is 1.94 bits per heavy atom. The quantitative estimate of drug-likeness (QED) is 0.442. The van der Waals surface area contributed by atoms with Crippen LogP contribution in [0.15, 0.2) is 34.9 Å². The Morgan fingerprint density at radius 3 is 2.63 bits per heavy atom. The van der Waals surface area contributed by atoms with Gasteiger partial charge in [0.15, 0.2) is 0 Å². The van der Waals surface area contributed by atoms with Crippen molar-refractivity contribution in [2.24, 2.45) is 5.92 Å². The summed E-state index contributed by atoms with van der Waals surface area (Å²) < 4.78 is 29.7. The van der Waals surface area contributed by atoms with Crippen LogP contribution in [0.4, 0.5) is 21.8 Å². The van der Waals surface area contributed by atoms with E-state index < -0.39 is 11.7 Å². The van der Waals surface area contributed by atoms with Crippen LogP contribution in [0.3, 0.4) is 0 Å². The first-order valence-electron chi connectivity index (χ1n) is 10.9. The van der Waals surface area contributed by atoms with E-state index in [4.69, 9.17) is 25.5 Å². The minimum Gasteiger partial charge on any atom is -0.474 e. The molecule has 0 saturated heterocycles. The molecule has 0 radical (unpaired) electrons. The first-order valence-corrected chi connectivity index (χ1v) is 11.3. The van der Waals surface area contributed by atoms with Crippen molar-refractivity contribution >= 4 is 40.9 Å². The van der Waals surface area contributed by atoms with Crippen molar-refractivity contribution in [2.75, 3.05) is 17.7 Å². The lowest BCUT2D eigenvalue weighted by Gasteiger charge is -2.27. The summed E-state index contributed by atoms with van der Waals surface area (Å²) in [5, 5.41) is 12.8. The van der Waals surface area contributed by atoms with E-state index in [0.29, 0.717) is 30.1 Å². The minimum atomic E-state index is -0.632. The molecule has 1 fully saturated rings. The van der Waals surface area contributed by atoms with Crippen molar-refractivity contribution in [1.29, 1.82) is 0 Å². The van der Waals surface area contributed by atoms with E-state index in [1.807, 2.05) is 0 Å². The van der Waals surface area contributed by atoms with Gasteiger partial charge < -0.3 is 24.5 Å². The fraction of sp³-hybridized carbons (Fsp3) is 0.348. The number of hydrogen-bond acceptors (Lipinski definition) is 9. The monoisotopic (exact) mass is 503 g/mol. The summed E-state index contributed by atoms with van der Waals surface area (Å²) in [6.07, 6.45) is 4.32. The molecule has 0 unspecified atom stereocenters. The zero-order valence-electron chi connectivity index (χ0n) is 19.0. The van der Waals surface area contributed by atoms with Crippen molar-refractivity contribution in [2.45, 2.75) is 38.7 Å². The molecule has 35 heavy (non-hydrogen) atoms. The van der Waals surface area contributed by atoms with Crippen LogP contribution in [-0.2, 0) is 9.53 Å². The van der Waals surface area contributed by atoms with Gasteiger partial charge in [-0.2, -0.15) is 0 Å². The molecule has 184 valence electrons. The number of nitrogens with zero attached hydrogens (tertiary/aromatic N) is 3. The van der Waals surface area contributed by atoms with Gasteiger partial charge >= 0.3 is 23.8 Å². The van der Waals surface area contributed by atoms with Crippen LogP contribution >= 0.6 is 11.6 Å². The number of aromatic nitrogens is 3. The molecule has 1 aromatic carbocycles. The fourth-order valence-corrected chi connectivity index (χ4v) is 3.84. The second kappa shape index (κ2) is 10.7. The standard InChI is InChI=1S/C23H23ClFN5O5/c1-12-9-19(34-15-6-3-13(4-7-15)22(32)33-2)26-11-18(12)28-20(31)21-29-30-23(35-21)27-14-5-8-16(24)17(25)10-14/h5,8-11,13,15H,3-4,6-7H2,1-2H3,(H,27,30)(H,28,31). The lowest BCUT2D eigenvalue weighted by Crippen LogP contribution is -2.28. The smallest absolute Gasteiger partial charge is 0.320 e. The second-order valence-electron chi connectivity index (χ2n) is 8.07. The number of nitrogens with one attached hydrogen (secondary N) is 2. The Kier molecular flexibility index (Phi) is 7.45. The third-order valence-electron chi connectivity index (χ3n) is 5.62. The Morgan fingerprint density at radius 1 is 1.17 bits per heavy atom. The molecule has 0 aliphatic heterocycles. The van der Waals surface area contributed by atoms with Crippen LogP contribution in [0.5, 0.6) is 5.88 Å². The van der Waals surface area contributed by atoms with E-state index in [-0.39, 0.29) is 34.9 Å². The number of esters is 1. The van der Waals surface area contributed by atoms with Gasteiger partial charge in [0.2, 0.25) is 5.88 Å². The van der Waals surface area contributed by atoms with Crippen LogP contribution in [0.25, 0.3) is 0 Å². The number of carbonyl (C=O) groups excluding carboxylic acids is 2. The number of ether oxygens (including phenoxy) is 2. The predicted molar refractivity (Wildman–Crippen MR) is 124 cm³/mol. The van der Waals surface area contributed by atoms with Crippen LogP contribution in [0.2, 0.25) is 5.02 Å². The van der Waals surface area contributed by atoms with Crippen LogP contribution < -0.4 is 15.4 Å². The summed E-state index contributed by atoms with van der Waals surface area (Å²) in [6.45, 7) is 1.80. The molecule has 1 aliphatic carbocycles. The van der Waals surface area contributed by atoms with Gasteiger partial charge in [-0.3, -0.25) is 9.59 Å². The number of methoxy groups -OCH3 is 1. The molecule has 4 rings (SSSR count). The van der Waals surface area contributed by atoms with Gasteiger partial charge in [-0.25, -0.2) is 9.37 Å². The van der Waals surface area contributed by atoms with E-state index in [1.165, 1.54) is 25.4 Å². The van der Waals surface area contributed by atoms with Crippen molar-refractivity contribution in [3.05, 3.63) is 52.8 Å². The van der Waals surface area contributed by atoms with E-state index in [0.717, 1.165) is 24.5 Å². The maximum Gasteiger partial charge on any atom is 0.320 e. The summed E-state index contributed by atoms with van der Waals surface area (Å²) in [7, 11) is 1.40. The van der Waals surface area contributed by atoms with Gasteiger partial charge in [0.25, 0.3) is 0 Å². The lowest BCUT2D eigenvalue weighted by molar-refractivity contribution is -0.147. The molecule has 0 spiro atoms. The maximum absolute atomic E-state index is 13.6. The Hall–Kier alpha value is -3.73. The number of hydrogen-bond donors (Lipinski definition) is 2. The maximum atomic E-state index is 13.6. The molecular formula is C23H23ClFN5O5. The Labute approximate surface area is 205 Å². The number of aryl methyl sites for hydroxylation is 1. The molecule has 3 aromatic rings. The van der Waals surface area contributed by atoms with Gasteiger partial charge in [0.05, 0.1) is 29.9 Å². The molecule has 2 aromatic heterocycles. The zero-order chi connectivity index (χ0) is 24.9. The highest BCUT2D eigenvalue weighted by Gasteiger charge is 2.28. The number of carbonyl (C=O) groups is 2. The van der Waals surface area contributed by atoms with Crippen molar-refractivity contribution < 1.29 is 27.9 Å². The molecule has 2 heterocycles. The molecule has 0 bridgehead atoms. The zero-order valence-corrected chi connectivity index (χ0v) is 19.8. The SMILES string of the molecule is COC(=O)C1CCC(Oc2cc(C)c(NC(=O)c3nnc(Nc4ccc(Cl)c(F)c4)o3)cn2)CC1. The average Bonchev–Trinajstić information content (AvgIpc) is 3.32. The number of pyridine rings is 1.